The predicted molar refractivity (Wildman–Crippen MR) is 153 cm³/mol. The number of ether oxygens (including phenoxy) is 1. The Kier molecular flexibility index (Phi) is 7.89. The lowest BCUT2D eigenvalue weighted by Crippen LogP contribution is -2.48. The van der Waals surface area contributed by atoms with Crippen LogP contribution in [0.2, 0.25) is 0 Å². The normalized spacial score (nSPS) is 27.8. The lowest BCUT2D eigenvalue weighted by atomic mass is 9.55. The number of phenolic OH excluding ortho intramolecular Hbond substituents is 1. The number of amides is 2. The molecule has 2 aromatic rings. The summed E-state index contributed by atoms with van der Waals surface area (Å²) < 4.78 is 12.2. The van der Waals surface area contributed by atoms with Crippen LogP contribution in [0.25, 0.3) is 0 Å². The first-order chi connectivity index (χ1) is 19.4. The van der Waals surface area contributed by atoms with E-state index >= 15 is 0 Å². The van der Waals surface area contributed by atoms with Crippen molar-refractivity contribution in [2.75, 3.05) is 26.8 Å². The maximum atomic E-state index is 14.1. The van der Waals surface area contributed by atoms with Crippen molar-refractivity contribution in [1.82, 2.24) is 9.80 Å². The largest absolute Gasteiger partial charge is 0.508 e. The fraction of sp³-hybridized carbons (Fsp3) is 0.467. The fourth-order valence-electron chi connectivity index (χ4n) is 7.26. The van der Waals surface area contributed by atoms with Crippen molar-refractivity contribution >= 4 is 34.9 Å². The van der Waals surface area contributed by atoms with Crippen LogP contribution in [0.15, 0.2) is 64.0 Å². The molecule has 0 radical (unpaired) electrons. The standard InChI is InChI=1S/C30H34BBrN2O6/c1-39-17-19-13-24-27(23-15-26(40-31(38)28(19)23)22-14-20(32)7-8-25(22)35)30(37)34(29(24)36)21-9-11-33(12-10-21)16-18-5-3-2-4-6-18/h2-8,14,21,23-24,26-27,35,38H,9-13,15-17H2,1H3/t23-,24-,26-,27+/m0/s1. The number of allylic oxidation sites excluding steroid dienone is 1. The maximum absolute atomic E-state index is 14.1. The molecule has 0 saturated carbocycles. The van der Waals surface area contributed by atoms with Crippen molar-refractivity contribution < 1.29 is 29.1 Å². The summed E-state index contributed by atoms with van der Waals surface area (Å²) >= 11 is 3.45. The molecule has 3 aliphatic heterocycles. The van der Waals surface area contributed by atoms with Crippen LogP contribution in [0.4, 0.5) is 0 Å². The lowest BCUT2D eigenvalue weighted by molar-refractivity contribution is -0.144. The number of nitrogens with zero attached hydrogens (tertiary/aromatic N) is 2. The number of rotatable bonds is 6. The molecule has 3 heterocycles. The summed E-state index contributed by atoms with van der Waals surface area (Å²) in [7, 11) is 0.343. The van der Waals surface area contributed by atoms with Crippen LogP contribution >= 0.6 is 15.9 Å². The molecule has 10 heteroatoms. The number of phenols is 1. The van der Waals surface area contributed by atoms with Crippen molar-refractivity contribution in [2.45, 2.75) is 44.4 Å². The van der Waals surface area contributed by atoms with Crippen LogP contribution in [0, 0.1) is 17.8 Å². The number of carbonyl (C=O) groups excluding carboxylic acids is 2. The SMILES string of the molecule is COCC1=C2B(O)O[C@H](c3cc(Br)ccc3O)C[C@H]2[C@H]2C(=O)N(C3CCN(Cc4ccccc4)CC3)C(=O)[C@H]2C1. The minimum Gasteiger partial charge on any atom is -0.508 e. The Labute approximate surface area is 243 Å². The van der Waals surface area contributed by atoms with Gasteiger partial charge >= 0.3 is 7.12 Å². The van der Waals surface area contributed by atoms with Crippen molar-refractivity contribution in [3.63, 3.8) is 0 Å². The Balaban J connectivity index is 1.24. The number of aromatic hydroxyl groups is 1. The third kappa shape index (κ3) is 5.05. The molecule has 3 saturated heterocycles. The molecule has 0 unspecified atom stereocenters. The van der Waals surface area contributed by atoms with Gasteiger partial charge in [0.2, 0.25) is 11.8 Å². The Morgan fingerprint density at radius 1 is 1.07 bits per heavy atom. The zero-order valence-electron chi connectivity index (χ0n) is 22.5. The summed E-state index contributed by atoms with van der Waals surface area (Å²) in [6.07, 6.45) is 1.64. The summed E-state index contributed by atoms with van der Waals surface area (Å²) in [6, 6.07) is 15.3. The molecule has 8 nitrogen and oxygen atoms in total. The van der Waals surface area contributed by atoms with Crippen LogP contribution in [0.1, 0.15) is 42.9 Å². The van der Waals surface area contributed by atoms with Gasteiger partial charge in [-0.2, -0.15) is 0 Å². The third-order valence-electron chi connectivity index (χ3n) is 9.07. The average molecular weight is 609 g/mol. The summed E-state index contributed by atoms with van der Waals surface area (Å²) in [5.41, 5.74) is 3.30. The van der Waals surface area contributed by atoms with Crippen LogP contribution in [-0.2, 0) is 25.5 Å². The molecule has 0 bridgehead atoms. The van der Waals surface area contributed by atoms with E-state index in [4.69, 9.17) is 9.39 Å². The molecule has 40 heavy (non-hydrogen) atoms. The number of halogens is 1. The lowest BCUT2D eigenvalue weighted by Gasteiger charge is -2.42. The molecule has 1 aliphatic carbocycles. The smallest absolute Gasteiger partial charge is 0.487 e. The minimum atomic E-state index is -1.24. The van der Waals surface area contributed by atoms with Gasteiger partial charge < -0.3 is 19.5 Å². The number of hydrogen-bond acceptors (Lipinski definition) is 7. The second kappa shape index (κ2) is 11.4. The van der Waals surface area contributed by atoms with Crippen molar-refractivity contribution in [3.05, 3.63) is 75.2 Å². The van der Waals surface area contributed by atoms with E-state index in [1.54, 1.807) is 30.2 Å². The van der Waals surface area contributed by atoms with E-state index in [0.29, 0.717) is 23.9 Å². The Bertz CT molecular complexity index is 1310. The van der Waals surface area contributed by atoms with Crippen molar-refractivity contribution in [1.29, 1.82) is 0 Å². The van der Waals surface area contributed by atoms with Gasteiger partial charge in [0.05, 0.1) is 24.5 Å². The first kappa shape index (κ1) is 27.7. The average Bonchev–Trinajstić information content (AvgIpc) is 3.20. The predicted octanol–water partition coefficient (Wildman–Crippen LogP) is 3.86. The number of fused-ring (bicyclic) bond motifs is 3. The zero-order valence-corrected chi connectivity index (χ0v) is 24.1. The van der Waals surface area contributed by atoms with E-state index in [2.05, 4.69) is 33.0 Å². The van der Waals surface area contributed by atoms with Crippen LogP contribution < -0.4 is 0 Å². The van der Waals surface area contributed by atoms with E-state index in [9.17, 15) is 19.7 Å². The number of imide groups is 1. The number of piperidine rings is 1. The topological polar surface area (TPSA) is 99.5 Å². The van der Waals surface area contributed by atoms with Gasteiger partial charge in [-0.1, -0.05) is 46.3 Å². The maximum Gasteiger partial charge on any atom is 0.487 e. The van der Waals surface area contributed by atoms with Gasteiger partial charge in [0.25, 0.3) is 0 Å². The van der Waals surface area contributed by atoms with Gasteiger partial charge in [-0.15, -0.1) is 0 Å². The molecule has 210 valence electrons. The van der Waals surface area contributed by atoms with Gasteiger partial charge in [0, 0.05) is 42.8 Å². The van der Waals surface area contributed by atoms with Crippen LogP contribution in [0.5, 0.6) is 5.75 Å². The van der Waals surface area contributed by atoms with E-state index in [-0.39, 0.29) is 36.1 Å². The molecule has 0 spiro atoms. The first-order valence-corrected chi connectivity index (χ1v) is 14.8. The highest BCUT2D eigenvalue weighted by Gasteiger charge is 2.59. The minimum absolute atomic E-state index is 0.0648. The molecule has 2 amide bonds. The summed E-state index contributed by atoms with van der Waals surface area (Å²) in [5, 5.41) is 21.8. The highest BCUT2D eigenvalue weighted by molar-refractivity contribution is 9.10. The fourth-order valence-corrected chi connectivity index (χ4v) is 7.64. The Morgan fingerprint density at radius 3 is 2.55 bits per heavy atom. The van der Waals surface area contributed by atoms with Gasteiger partial charge in [-0.3, -0.25) is 19.4 Å². The Morgan fingerprint density at radius 2 is 1.82 bits per heavy atom. The molecular formula is C30H34BBrN2O6. The molecule has 2 N–H and O–H groups in total. The molecule has 4 atom stereocenters. The number of hydrogen-bond donors (Lipinski definition) is 2. The highest BCUT2D eigenvalue weighted by Crippen LogP contribution is 2.52. The zero-order chi connectivity index (χ0) is 28.0. The van der Waals surface area contributed by atoms with Gasteiger partial charge in [0.15, 0.2) is 0 Å². The number of benzene rings is 2. The van der Waals surface area contributed by atoms with Crippen molar-refractivity contribution in [3.8, 4) is 5.75 Å². The summed E-state index contributed by atoms with van der Waals surface area (Å²) in [5.74, 6) is -1.59. The van der Waals surface area contributed by atoms with E-state index in [1.165, 1.54) is 5.56 Å². The van der Waals surface area contributed by atoms with Crippen LogP contribution in [-0.4, -0.2) is 71.7 Å². The first-order valence-electron chi connectivity index (χ1n) is 14.0. The molecule has 6 rings (SSSR count). The molecular weight excluding hydrogens is 575 g/mol. The van der Waals surface area contributed by atoms with E-state index in [1.807, 2.05) is 18.2 Å². The second-order valence-electron chi connectivity index (χ2n) is 11.4. The monoisotopic (exact) mass is 608 g/mol. The van der Waals surface area contributed by atoms with Crippen LogP contribution in [0.3, 0.4) is 0 Å². The van der Waals surface area contributed by atoms with Gasteiger partial charge in [-0.25, -0.2) is 0 Å². The summed E-state index contributed by atoms with van der Waals surface area (Å²) in [6.45, 7) is 2.77. The van der Waals surface area contributed by atoms with E-state index < -0.39 is 25.1 Å². The van der Waals surface area contributed by atoms with E-state index in [0.717, 1.165) is 42.5 Å². The third-order valence-corrected chi connectivity index (χ3v) is 9.56. The Hall–Kier alpha value is -2.50. The number of carbonyl (C=O) groups is 2. The molecule has 3 fully saturated rings. The summed E-state index contributed by atoms with van der Waals surface area (Å²) in [4.78, 5) is 31.9. The highest BCUT2D eigenvalue weighted by atomic mass is 79.9. The second-order valence-corrected chi connectivity index (χ2v) is 12.3. The number of likely N-dealkylation sites (tertiary alicyclic amines) is 2. The quantitative estimate of drug-likeness (QED) is 0.379. The number of methoxy groups -OCH3 is 1. The molecule has 0 aromatic heterocycles. The van der Waals surface area contributed by atoms with Gasteiger partial charge in [-0.05, 0) is 66.4 Å². The molecule has 4 aliphatic rings. The van der Waals surface area contributed by atoms with Crippen molar-refractivity contribution in [2.24, 2.45) is 17.8 Å². The van der Waals surface area contributed by atoms with Gasteiger partial charge in [0.1, 0.15) is 5.75 Å². The molecule has 2 aromatic carbocycles.